The fraction of sp³-hybridized carbons (Fsp3) is 0.250. The van der Waals surface area contributed by atoms with E-state index in [0.717, 1.165) is 16.5 Å². The molecule has 0 aliphatic rings. The number of halogens is 1. The highest BCUT2D eigenvalue weighted by Gasteiger charge is 2.15. The van der Waals surface area contributed by atoms with Crippen LogP contribution in [0, 0.1) is 0 Å². The molecule has 94 valence electrons. The zero-order chi connectivity index (χ0) is 13.0. The van der Waals surface area contributed by atoms with Crippen LogP contribution in [0.4, 0.5) is 0 Å². The molecular weight excluding hydrogens is 296 g/mol. The number of amides is 1. The van der Waals surface area contributed by atoms with Gasteiger partial charge in [0.2, 0.25) is 5.82 Å². The number of carbonyl (C=O) groups excluding carboxylic acids is 1. The van der Waals surface area contributed by atoms with Gasteiger partial charge in [0.25, 0.3) is 5.91 Å². The fourth-order valence-corrected chi connectivity index (χ4v) is 1.92. The Morgan fingerprint density at radius 2 is 2.17 bits per heavy atom. The summed E-state index contributed by atoms with van der Waals surface area (Å²) in [5.41, 5.74) is 1.06. The Bertz CT molecular complexity index is 509. The maximum absolute atomic E-state index is 11.9. The van der Waals surface area contributed by atoms with Gasteiger partial charge in [-0.1, -0.05) is 35.0 Å². The van der Waals surface area contributed by atoms with E-state index < -0.39 is 0 Å². The number of hydrogen-bond donors (Lipinski definition) is 2. The quantitative estimate of drug-likeness (QED) is 0.911. The van der Waals surface area contributed by atoms with Gasteiger partial charge in [0.15, 0.2) is 0 Å². The highest BCUT2D eigenvalue weighted by atomic mass is 79.9. The van der Waals surface area contributed by atoms with Crippen LogP contribution in [0.1, 0.15) is 35.6 Å². The third kappa shape index (κ3) is 2.95. The number of aromatic nitrogens is 3. The molecule has 0 bridgehead atoms. The van der Waals surface area contributed by atoms with E-state index in [2.05, 4.69) is 36.4 Å². The van der Waals surface area contributed by atoms with E-state index in [1.54, 1.807) is 0 Å². The first-order chi connectivity index (χ1) is 8.70. The number of nitrogens with one attached hydrogen (secondary N) is 2. The van der Waals surface area contributed by atoms with E-state index in [9.17, 15) is 4.79 Å². The summed E-state index contributed by atoms with van der Waals surface area (Å²) in [6.45, 7) is 2.02. The van der Waals surface area contributed by atoms with Crippen molar-refractivity contribution in [3.05, 3.63) is 46.5 Å². The van der Waals surface area contributed by atoms with Gasteiger partial charge in [-0.25, -0.2) is 4.98 Å². The van der Waals surface area contributed by atoms with Crippen LogP contribution in [-0.2, 0) is 0 Å². The zero-order valence-electron chi connectivity index (χ0n) is 9.85. The zero-order valence-corrected chi connectivity index (χ0v) is 11.4. The number of carbonyl (C=O) groups is 1. The Hall–Kier alpha value is -1.69. The Morgan fingerprint density at radius 3 is 2.72 bits per heavy atom. The van der Waals surface area contributed by atoms with Crippen LogP contribution >= 0.6 is 15.9 Å². The molecule has 1 aromatic heterocycles. The molecule has 1 heterocycles. The van der Waals surface area contributed by atoms with Crippen molar-refractivity contribution in [1.29, 1.82) is 0 Å². The van der Waals surface area contributed by atoms with Gasteiger partial charge in [-0.05, 0) is 24.1 Å². The molecule has 0 saturated heterocycles. The number of rotatable bonds is 4. The Labute approximate surface area is 113 Å². The first-order valence-corrected chi connectivity index (χ1v) is 6.41. The number of H-pyrrole nitrogens is 1. The summed E-state index contributed by atoms with van der Waals surface area (Å²) in [5.74, 6) is -0.0205. The maximum atomic E-state index is 11.9. The predicted molar refractivity (Wildman–Crippen MR) is 71.0 cm³/mol. The minimum atomic E-state index is -0.248. The molecule has 0 spiro atoms. The van der Waals surface area contributed by atoms with Crippen molar-refractivity contribution in [2.24, 2.45) is 0 Å². The predicted octanol–water partition coefficient (Wildman–Crippen LogP) is 2.45. The van der Waals surface area contributed by atoms with Crippen LogP contribution in [0.25, 0.3) is 0 Å². The van der Waals surface area contributed by atoms with E-state index in [0.29, 0.717) is 0 Å². The highest BCUT2D eigenvalue weighted by Crippen LogP contribution is 2.19. The number of hydrogen-bond acceptors (Lipinski definition) is 3. The van der Waals surface area contributed by atoms with Crippen molar-refractivity contribution in [3.8, 4) is 0 Å². The van der Waals surface area contributed by atoms with Crippen molar-refractivity contribution in [3.63, 3.8) is 0 Å². The fourth-order valence-electron chi connectivity index (χ4n) is 1.66. The van der Waals surface area contributed by atoms with Gasteiger partial charge < -0.3 is 5.32 Å². The molecule has 0 radical (unpaired) electrons. The highest BCUT2D eigenvalue weighted by molar-refractivity contribution is 9.10. The summed E-state index contributed by atoms with van der Waals surface area (Å²) >= 11 is 3.39. The number of nitrogens with zero attached hydrogens (tertiary/aromatic N) is 2. The van der Waals surface area contributed by atoms with Crippen molar-refractivity contribution in [1.82, 2.24) is 20.5 Å². The van der Waals surface area contributed by atoms with Gasteiger partial charge >= 0.3 is 0 Å². The van der Waals surface area contributed by atoms with Gasteiger partial charge in [-0.2, -0.15) is 5.10 Å². The number of aromatic amines is 1. The molecule has 0 aliphatic heterocycles. The molecule has 1 atom stereocenters. The molecule has 0 saturated carbocycles. The first kappa shape index (κ1) is 12.8. The molecule has 1 amide bonds. The molecule has 0 aliphatic carbocycles. The van der Waals surface area contributed by atoms with E-state index in [-0.39, 0.29) is 17.8 Å². The van der Waals surface area contributed by atoms with E-state index in [1.807, 2.05) is 31.2 Å². The van der Waals surface area contributed by atoms with Crippen LogP contribution in [0.3, 0.4) is 0 Å². The third-order valence-corrected chi connectivity index (χ3v) is 3.14. The standard InChI is InChI=1S/C12H13BrN4O/c1-2-10(8-3-5-9(13)6-4-8)16-12(18)11-14-7-15-17-11/h3-7,10H,2H2,1H3,(H,16,18)(H,14,15,17). The minimum Gasteiger partial charge on any atom is -0.343 e. The van der Waals surface area contributed by atoms with Crippen LogP contribution in [0.2, 0.25) is 0 Å². The summed E-state index contributed by atoms with van der Waals surface area (Å²) in [6.07, 6.45) is 2.12. The molecule has 1 unspecified atom stereocenters. The number of benzene rings is 1. The lowest BCUT2D eigenvalue weighted by atomic mass is 10.0. The van der Waals surface area contributed by atoms with Crippen molar-refractivity contribution in [2.75, 3.05) is 0 Å². The normalized spacial score (nSPS) is 12.1. The van der Waals surface area contributed by atoms with Gasteiger partial charge in [-0.15, -0.1) is 0 Å². The summed E-state index contributed by atoms with van der Waals surface area (Å²) in [6, 6.07) is 7.85. The van der Waals surface area contributed by atoms with Gasteiger partial charge in [0.05, 0.1) is 6.04 Å². The van der Waals surface area contributed by atoms with E-state index in [1.165, 1.54) is 6.33 Å². The van der Waals surface area contributed by atoms with Gasteiger partial charge in [-0.3, -0.25) is 9.89 Å². The molecule has 1 aromatic carbocycles. The molecule has 2 aromatic rings. The Balaban J connectivity index is 2.10. The summed E-state index contributed by atoms with van der Waals surface area (Å²) < 4.78 is 1.02. The lowest BCUT2D eigenvalue weighted by molar-refractivity contribution is 0.0925. The largest absolute Gasteiger partial charge is 0.343 e. The summed E-state index contributed by atoms with van der Waals surface area (Å²) in [5, 5.41) is 9.12. The Morgan fingerprint density at radius 1 is 1.44 bits per heavy atom. The molecular formula is C12H13BrN4O. The summed E-state index contributed by atoms with van der Waals surface area (Å²) in [4.78, 5) is 15.7. The third-order valence-electron chi connectivity index (χ3n) is 2.62. The van der Waals surface area contributed by atoms with Gasteiger partial charge in [0.1, 0.15) is 6.33 Å². The minimum absolute atomic E-state index is 0.0318. The topological polar surface area (TPSA) is 70.7 Å². The van der Waals surface area contributed by atoms with Gasteiger partial charge in [0, 0.05) is 4.47 Å². The molecule has 18 heavy (non-hydrogen) atoms. The molecule has 6 heteroatoms. The van der Waals surface area contributed by atoms with E-state index >= 15 is 0 Å². The van der Waals surface area contributed by atoms with Crippen molar-refractivity contribution < 1.29 is 4.79 Å². The van der Waals surface area contributed by atoms with Crippen molar-refractivity contribution >= 4 is 21.8 Å². The van der Waals surface area contributed by atoms with Crippen molar-refractivity contribution in [2.45, 2.75) is 19.4 Å². The smallest absolute Gasteiger partial charge is 0.289 e. The van der Waals surface area contributed by atoms with Crippen LogP contribution in [-0.4, -0.2) is 21.1 Å². The lowest BCUT2D eigenvalue weighted by Gasteiger charge is -2.16. The first-order valence-electron chi connectivity index (χ1n) is 5.62. The average molecular weight is 309 g/mol. The SMILES string of the molecule is CCC(NC(=O)c1ncn[nH]1)c1ccc(Br)cc1. The second kappa shape index (κ2) is 5.77. The summed E-state index contributed by atoms with van der Waals surface area (Å²) in [7, 11) is 0. The van der Waals surface area contributed by atoms with Crippen LogP contribution < -0.4 is 5.32 Å². The Kier molecular flexibility index (Phi) is 4.09. The monoisotopic (exact) mass is 308 g/mol. The van der Waals surface area contributed by atoms with Crippen LogP contribution in [0.5, 0.6) is 0 Å². The second-order valence-corrected chi connectivity index (χ2v) is 4.74. The maximum Gasteiger partial charge on any atom is 0.289 e. The average Bonchev–Trinajstić information content (AvgIpc) is 2.91. The molecule has 0 fully saturated rings. The lowest BCUT2D eigenvalue weighted by Crippen LogP contribution is -2.29. The van der Waals surface area contributed by atoms with Crippen LogP contribution in [0.15, 0.2) is 35.1 Å². The van der Waals surface area contributed by atoms with E-state index in [4.69, 9.17) is 0 Å². The molecule has 2 rings (SSSR count). The molecule has 2 N–H and O–H groups in total. The second-order valence-electron chi connectivity index (χ2n) is 3.82. The molecule has 5 nitrogen and oxygen atoms in total.